The van der Waals surface area contributed by atoms with Crippen molar-refractivity contribution in [3.8, 4) is 5.75 Å². The molecule has 0 unspecified atom stereocenters. The highest BCUT2D eigenvalue weighted by molar-refractivity contribution is 5.85. The van der Waals surface area contributed by atoms with Crippen LogP contribution in [0.4, 0.5) is 0 Å². The number of hydrogen-bond acceptors (Lipinski definition) is 5. The molecule has 7 nitrogen and oxygen atoms in total. The molecule has 1 fully saturated rings. The number of benzene rings is 1. The highest BCUT2D eigenvalue weighted by atomic mass is 35.5. The zero-order valence-electron chi connectivity index (χ0n) is 14.4. The first-order valence-corrected chi connectivity index (χ1v) is 8.05. The number of ether oxygens (including phenoxy) is 2. The van der Waals surface area contributed by atoms with E-state index in [2.05, 4.69) is 10.6 Å². The smallest absolute Gasteiger partial charge is 0.239 e. The van der Waals surface area contributed by atoms with Crippen LogP contribution in [-0.4, -0.2) is 51.8 Å². The number of nitrogens with two attached hydrogens (primary N) is 1. The summed E-state index contributed by atoms with van der Waals surface area (Å²) in [6.07, 6.45) is 1.66. The molecule has 2 rings (SSSR count). The summed E-state index contributed by atoms with van der Waals surface area (Å²) in [5, 5.41) is 5.39. The standard InChI is InChI=1S/C17H25N3O4.ClH/c1-23-14-4-2-13(3-5-14)17(6-8-24-9-7-17)12-20-16(22)11-19-15(21)10-18;/h2-5H,6-12,18H2,1H3,(H,19,21)(H,20,22);1H. The lowest BCUT2D eigenvalue weighted by Crippen LogP contribution is -2.47. The summed E-state index contributed by atoms with van der Waals surface area (Å²) < 4.78 is 10.7. The van der Waals surface area contributed by atoms with E-state index >= 15 is 0 Å². The van der Waals surface area contributed by atoms with Crippen LogP contribution < -0.4 is 21.1 Å². The Morgan fingerprint density at radius 2 is 1.80 bits per heavy atom. The van der Waals surface area contributed by atoms with E-state index in [1.807, 2.05) is 24.3 Å². The first-order chi connectivity index (χ1) is 11.6. The lowest BCUT2D eigenvalue weighted by atomic mass is 9.74. The van der Waals surface area contributed by atoms with Crippen molar-refractivity contribution in [3.63, 3.8) is 0 Å². The Labute approximate surface area is 154 Å². The predicted octanol–water partition coefficient (Wildman–Crippen LogP) is 0.356. The number of halogens is 1. The fourth-order valence-corrected chi connectivity index (χ4v) is 2.86. The van der Waals surface area contributed by atoms with Crippen LogP contribution in [0.25, 0.3) is 0 Å². The Morgan fingerprint density at radius 1 is 1.16 bits per heavy atom. The molecule has 2 amide bonds. The summed E-state index contributed by atoms with van der Waals surface area (Å²) in [4.78, 5) is 23.1. The van der Waals surface area contributed by atoms with Gasteiger partial charge in [-0.25, -0.2) is 0 Å². The second-order valence-electron chi connectivity index (χ2n) is 5.88. The molecule has 1 aliphatic heterocycles. The number of nitrogens with one attached hydrogen (secondary N) is 2. The van der Waals surface area contributed by atoms with E-state index in [-0.39, 0.29) is 42.7 Å². The molecular weight excluding hydrogens is 346 g/mol. The van der Waals surface area contributed by atoms with Crippen LogP contribution >= 0.6 is 12.4 Å². The maximum absolute atomic E-state index is 12.0. The Kier molecular flexibility index (Phi) is 8.68. The molecule has 0 spiro atoms. The van der Waals surface area contributed by atoms with Gasteiger partial charge in [-0.15, -0.1) is 12.4 Å². The summed E-state index contributed by atoms with van der Waals surface area (Å²) in [7, 11) is 1.63. The first kappa shape index (κ1) is 21.2. The minimum Gasteiger partial charge on any atom is -0.497 e. The van der Waals surface area contributed by atoms with Crippen LogP contribution in [0.3, 0.4) is 0 Å². The highest BCUT2D eigenvalue weighted by Crippen LogP contribution is 2.35. The van der Waals surface area contributed by atoms with Gasteiger partial charge in [-0.2, -0.15) is 0 Å². The second-order valence-corrected chi connectivity index (χ2v) is 5.88. The first-order valence-electron chi connectivity index (χ1n) is 8.05. The van der Waals surface area contributed by atoms with Gasteiger partial charge in [0.25, 0.3) is 0 Å². The number of rotatable bonds is 7. The van der Waals surface area contributed by atoms with Crippen molar-refractivity contribution in [2.75, 3.05) is 40.0 Å². The summed E-state index contributed by atoms with van der Waals surface area (Å²) in [5.41, 5.74) is 6.18. The minimum absolute atomic E-state index is 0. The molecule has 0 bridgehead atoms. The van der Waals surface area contributed by atoms with Gasteiger partial charge in [0, 0.05) is 25.2 Å². The number of hydrogen-bond donors (Lipinski definition) is 3. The average molecular weight is 372 g/mol. The number of carbonyl (C=O) groups is 2. The van der Waals surface area contributed by atoms with Gasteiger partial charge in [-0.05, 0) is 30.5 Å². The van der Waals surface area contributed by atoms with Crippen LogP contribution in [0, 0.1) is 0 Å². The zero-order valence-corrected chi connectivity index (χ0v) is 15.2. The van der Waals surface area contributed by atoms with Gasteiger partial charge in [0.05, 0.1) is 20.2 Å². The van der Waals surface area contributed by atoms with Crippen LogP contribution in [0.2, 0.25) is 0 Å². The van der Waals surface area contributed by atoms with Crippen molar-refractivity contribution in [3.05, 3.63) is 29.8 Å². The van der Waals surface area contributed by atoms with Gasteiger partial charge in [0.1, 0.15) is 5.75 Å². The summed E-state index contributed by atoms with van der Waals surface area (Å²) >= 11 is 0. The SMILES string of the molecule is COc1ccc(C2(CNC(=O)CNC(=O)CN)CCOCC2)cc1.Cl. The molecular formula is C17H26ClN3O4. The van der Waals surface area contributed by atoms with Gasteiger partial charge < -0.3 is 25.8 Å². The third-order valence-corrected chi connectivity index (χ3v) is 4.41. The number of methoxy groups -OCH3 is 1. The van der Waals surface area contributed by atoms with E-state index in [0.717, 1.165) is 24.2 Å². The van der Waals surface area contributed by atoms with Crippen molar-refractivity contribution in [1.29, 1.82) is 0 Å². The van der Waals surface area contributed by atoms with Gasteiger partial charge in [0.2, 0.25) is 11.8 Å². The van der Waals surface area contributed by atoms with E-state index in [9.17, 15) is 9.59 Å². The molecule has 140 valence electrons. The quantitative estimate of drug-likeness (QED) is 0.642. The molecule has 4 N–H and O–H groups in total. The second kappa shape index (κ2) is 10.2. The van der Waals surface area contributed by atoms with E-state index in [1.165, 1.54) is 0 Å². The van der Waals surface area contributed by atoms with Crippen molar-refractivity contribution in [2.24, 2.45) is 5.73 Å². The molecule has 0 atom stereocenters. The largest absolute Gasteiger partial charge is 0.497 e. The van der Waals surface area contributed by atoms with E-state index in [1.54, 1.807) is 7.11 Å². The fraction of sp³-hybridized carbons (Fsp3) is 0.529. The van der Waals surface area contributed by atoms with Gasteiger partial charge in [0.15, 0.2) is 0 Å². The zero-order chi connectivity index (χ0) is 17.4. The highest BCUT2D eigenvalue weighted by Gasteiger charge is 2.34. The fourth-order valence-electron chi connectivity index (χ4n) is 2.86. The Hall–Kier alpha value is -1.83. The summed E-state index contributed by atoms with van der Waals surface area (Å²) in [5.74, 6) is 0.228. The molecule has 1 aromatic carbocycles. The Balaban J connectivity index is 0.00000312. The molecule has 1 aromatic rings. The third kappa shape index (κ3) is 5.88. The molecule has 0 radical (unpaired) electrons. The van der Waals surface area contributed by atoms with E-state index in [4.69, 9.17) is 15.2 Å². The molecule has 8 heteroatoms. The molecule has 1 heterocycles. The number of amides is 2. The van der Waals surface area contributed by atoms with Crippen LogP contribution in [-0.2, 0) is 19.7 Å². The topological polar surface area (TPSA) is 103 Å². The van der Waals surface area contributed by atoms with Crippen molar-refractivity contribution < 1.29 is 19.1 Å². The van der Waals surface area contributed by atoms with Crippen LogP contribution in [0.5, 0.6) is 5.75 Å². The molecule has 1 aliphatic rings. The average Bonchev–Trinajstić information content (AvgIpc) is 2.65. The molecule has 0 aliphatic carbocycles. The van der Waals surface area contributed by atoms with Crippen molar-refractivity contribution >= 4 is 24.2 Å². The van der Waals surface area contributed by atoms with E-state index < -0.39 is 0 Å². The molecule has 1 saturated heterocycles. The summed E-state index contributed by atoms with van der Waals surface area (Å²) in [6.45, 7) is 1.63. The molecule has 0 saturated carbocycles. The third-order valence-electron chi connectivity index (χ3n) is 4.41. The summed E-state index contributed by atoms with van der Waals surface area (Å²) in [6, 6.07) is 7.92. The van der Waals surface area contributed by atoms with Crippen LogP contribution in [0.1, 0.15) is 18.4 Å². The Bertz CT molecular complexity index is 560. The number of carbonyl (C=O) groups excluding carboxylic acids is 2. The molecule has 25 heavy (non-hydrogen) atoms. The molecule has 0 aromatic heterocycles. The van der Waals surface area contributed by atoms with Crippen LogP contribution in [0.15, 0.2) is 24.3 Å². The van der Waals surface area contributed by atoms with Gasteiger partial charge >= 0.3 is 0 Å². The lowest BCUT2D eigenvalue weighted by molar-refractivity contribution is -0.125. The maximum atomic E-state index is 12.0. The van der Waals surface area contributed by atoms with Gasteiger partial charge in [-0.3, -0.25) is 9.59 Å². The predicted molar refractivity (Wildman–Crippen MR) is 97.0 cm³/mol. The van der Waals surface area contributed by atoms with Gasteiger partial charge in [-0.1, -0.05) is 12.1 Å². The van der Waals surface area contributed by atoms with E-state index in [0.29, 0.717) is 19.8 Å². The normalized spacial score (nSPS) is 15.6. The monoisotopic (exact) mass is 371 g/mol. The van der Waals surface area contributed by atoms with Crippen molar-refractivity contribution in [1.82, 2.24) is 10.6 Å². The lowest BCUT2D eigenvalue weighted by Gasteiger charge is -2.38. The Morgan fingerprint density at radius 3 is 2.36 bits per heavy atom. The maximum Gasteiger partial charge on any atom is 0.239 e. The van der Waals surface area contributed by atoms with Crippen molar-refractivity contribution in [2.45, 2.75) is 18.3 Å². The minimum atomic E-state index is -0.346.